The highest BCUT2D eigenvalue weighted by atomic mass is 19.1. The Morgan fingerprint density at radius 1 is 1.14 bits per heavy atom. The number of anilines is 1. The van der Waals surface area contributed by atoms with E-state index in [9.17, 15) is 13.6 Å². The van der Waals surface area contributed by atoms with Gasteiger partial charge in [-0.2, -0.15) is 0 Å². The summed E-state index contributed by atoms with van der Waals surface area (Å²) in [7, 11) is 0. The first kappa shape index (κ1) is 18.9. The summed E-state index contributed by atoms with van der Waals surface area (Å²) >= 11 is 0. The molecule has 1 atom stereocenters. The second-order valence-corrected chi connectivity index (χ2v) is 6.56. The quantitative estimate of drug-likeness (QED) is 0.691. The normalized spacial score (nSPS) is 15.9. The molecule has 0 unspecified atom stereocenters. The monoisotopic (exact) mass is 396 g/mol. The topological polar surface area (TPSA) is 76.1 Å². The number of carbonyl (C=O) groups is 1. The second kappa shape index (κ2) is 8.32. The Hall–Kier alpha value is -3.39. The van der Waals surface area contributed by atoms with Gasteiger partial charge in [0, 0.05) is 18.8 Å². The van der Waals surface area contributed by atoms with Crippen molar-refractivity contribution in [3.63, 3.8) is 0 Å². The van der Waals surface area contributed by atoms with Crippen molar-refractivity contribution in [1.82, 2.24) is 15.3 Å². The molecule has 2 N–H and O–H groups in total. The van der Waals surface area contributed by atoms with Gasteiger partial charge in [-0.05, 0) is 37.2 Å². The summed E-state index contributed by atoms with van der Waals surface area (Å²) in [4.78, 5) is 20.9. The van der Waals surface area contributed by atoms with Gasteiger partial charge in [0.25, 0.3) is 5.91 Å². The Bertz CT molecular complexity index is 1020. The van der Waals surface area contributed by atoms with Gasteiger partial charge in [-0.1, -0.05) is 12.1 Å². The predicted octanol–water partition coefficient (Wildman–Crippen LogP) is 3.41. The number of pyridine rings is 2. The number of rotatable bonds is 5. The molecule has 6 nitrogen and oxygen atoms in total. The Kier molecular flexibility index (Phi) is 5.44. The number of amides is 1. The molecule has 1 aliphatic rings. The first-order valence-electron chi connectivity index (χ1n) is 9.16. The van der Waals surface area contributed by atoms with Gasteiger partial charge in [-0.25, -0.2) is 13.8 Å². The predicted molar refractivity (Wildman–Crippen MR) is 104 cm³/mol. The average molecular weight is 396 g/mol. The molecule has 0 aliphatic carbocycles. The molecule has 2 aromatic heterocycles. The number of nitrogens with zero attached hydrogens (tertiary/aromatic N) is 2. The van der Waals surface area contributed by atoms with Crippen LogP contribution < -0.4 is 15.4 Å². The maximum atomic E-state index is 14.1. The highest BCUT2D eigenvalue weighted by molar-refractivity contribution is 6.03. The first-order valence-corrected chi connectivity index (χ1v) is 9.16. The zero-order valence-corrected chi connectivity index (χ0v) is 15.4. The van der Waals surface area contributed by atoms with Crippen LogP contribution in [0.2, 0.25) is 0 Å². The highest BCUT2D eigenvalue weighted by Crippen LogP contribution is 2.27. The molecule has 29 heavy (non-hydrogen) atoms. The first-order chi connectivity index (χ1) is 14.1. The summed E-state index contributed by atoms with van der Waals surface area (Å²) in [6.07, 6.45) is 3.94. The zero-order chi connectivity index (χ0) is 20.2. The molecule has 4 rings (SSSR count). The van der Waals surface area contributed by atoms with Gasteiger partial charge in [0.1, 0.15) is 34.9 Å². The molecule has 1 aromatic carbocycles. The number of nitrogens with one attached hydrogen (secondary N) is 2. The van der Waals surface area contributed by atoms with E-state index in [1.165, 1.54) is 30.5 Å². The number of hydrogen-bond acceptors (Lipinski definition) is 5. The lowest BCUT2D eigenvalue weighted by atomic mass is 10.1. The Morgan fingerprint density at radius 3 is 2.69 bits per heavy atom. The van der Waals surface area contributed by atoms with E-state index in [-0.39, 0.29) is 23.1 Å². The zero-order valence-electron chi connectivity index (χ0n) is 15.4. The van der Waals surface area contributed by atoms with Crippen LogP contribution in [0.5, 0.6) is 5.75 Å². The van der Waals surface area contributed by atoms with E-state index in [4.69, 9.17) is 4.74 Å². The highest BCUT2D eigenvalue weighted by Gasteiger charge is 2.19. The summed E-state index contributed by atoms with van der Waals surface area (Å²) < 4.78 is 34.0. The van der Waals surface area contributed by atoms with Crippen molar-refractivity contribution in [1.29, 1.82) is 0 Å². The van der Waals surface area contributed by atoms with Crippen LogP contribution in [0, 0.1) is 11.6 Å². The van der Waals surface area contributed by atoms with E-state index in [1.807, 2.05) is 0 Å². The molecular weight excluding hydrogens is 378 g/mol. The standard InChI is InChI=1S/C21H18F2N4O2/c22-14-3-1-4-15(23)20(14)16-5-2-6-17(26-16)21(28)27-18-12-25-10-8-19(18)29-13-7-9-24-11-13/h1-6,8,10,12-13,24H,7,9,11H2,(H,27,28)/t13-/m0/s1. The van der Waals surface area contributed by atoms with Gasteiger partial charge in [0.2, 0.25) is 0 Å². The van der Waals surface area contributed by atoms with Crippen molar-refractivity contribution < 1.29 is 18.3 Å². The van der Waals surface area contributed by atoms with Crippen LogP contribution in [0.3, 0.4) is 0 Å². The lowest BCUT2D eigenvalue weighted by molar-refractivity contribution is 0.102. The molecule has 1 aliphatic heterocycles. The van der Waals surface area contributed by atoms with Gasteiger partial charge < -0.3 is 15.4 Å². The molecule has 8 heteroatoms. The summed E-state index contributed by atoms with van der Waals surface area (Å²) in [5.74, 6) is -1.53. The molecule has 3 aromatic rings. The molecule has 1 amide bonds. The minimum Gasteiger partial charge on any atom is -0.487 e. The van der Waals surface area contributed by atoms with Crippen LogP contribution in [0.25, 0.3) is 11.3 Å². The van der Waals surface area contributed by atoms with E-state index in [0.29, 0.717) is 11.4 Å². The number of benzene rings is 1. The van der Waals surface area contributed by atoms with Gasteiger partial charge in [-0.15, -0.1) is 0 Å². The summed E-state index contributed by atoms with van der Waals surface area (Å²) in [5.41, 5.74) is 0.172. The van der Waals surface area contributed by atoms with Crippen molar-refractivity contribution in [2.75, 3.05) is 18.4 Å². The largest absolute Gasteiger partial charge is 0.487 e. The van der Waals surface area contributed by atoms with E-state index < -0.39 is 17.5 Å². The van der Waals surface area contributed by atoms with Crippen molar-refractivity contribution >= 4 is 11.6 Å². The third-order valence-corrected chi connectivity index (χ3v) is 4.54. The maximum absolute atomic E-state index is 14.1. The van der Waals surface area contributed by atoms with Gasteiger partial charge in [0.15, 0.2) is 0 Å². The lowest BCUT2D eigenvalue weighted by Gasteiger charge is -2.16. The number of halogens is 2. The van der Waals surface area contributed by atoms with Gasteiger partial charge >= 0.3 is 0 Å². The van der Waals surface area contributed by atoms with Gasteiger partial charge in [-0.3, -0.25) is 9.78 Å². The lowest BCUT2D eigenvalue weighted by Crippen LogP contribution is -2.21. The van der Waals surface area contributed by atoms with Crippen molar-refractivity contribution in [3.05, 3.63) is 72.2 Å². The van der Waals surface area contributed by atoms with Crippen LogP contribution >= 0.6 is 0 Å². The SMILES string of the molecule is O=C(Nc1cnccc1O[C@H]1CCNC1)c1cccc(-c2c(F)cccc2F)n1. The minimum atomic E-state index is -0.747. The summed E-state index contributed by atoms with van der Waals surface area (Å²) in [5, 5.41) is 5.92. The fourth-order valence-corrected chi connectivity index (χ4v) is 3.12. The third-order valence-electron chi connectivity index (χ3n) is 4.54. The van der Waals surface area contributed by atoms with Crippen LogP contribution in [0.1, 0.15) is 16.9 Å². The summed E-state index contributed by atoms with van der Waals surface area (Å²) in [6, 6.07) is 9.67. The molecule has 0 radical (unpaired) electrons. The van der Waals surface area contributed by atoms with Crippen LogP contribution in [0.4, 0.5) is 14.5 Å². The fraction of sp³-hybridized carbons (Fsp3) is 0.190. The number of hydrogen-bond donors (Lipinski definition) is 2. The summed E-state index contributed by atoms with van der Waals surface area (Å²) in [6.45, 7) is 1.61. The van der Waals surface area contributed by atoms with Gasteiger partial charge in [0.05, 0.1) is 17.5 Å². The molecular formula is C21H18F2N4O2. The number of ether oxygens (including phenoxy) is 1. The Labute approximate surface area is 166 Å². The smallest absolute Gasteiger partial charge is 0.274 e. The molecule has 1 saturated heterocycles. The number of carbonyl (C=O) groups excluding carboxylic acids is 1. The van der Waals surface area contributed by atoms with E-state index >= 15 is 0 Å². The number of aromatic nitrogens is 2. The molecule has 1 fully saturated rings. The Morgan fingerprint density at radius 2 is 1.93 bits per heavy atom. The van der Waals surface area contributed by atoms with Crippen LogP contribution in [-0.2, 0) is 0 Å². The van der Waals surface area contributed by atoms with Crippen molar-refractivity contribution in [2.24, 2.45) is 0 Å². The average Bonchev–Trinajstić information content (AvgIpc) is 3.23. The van der Waals surface area contributed by atoms with E-state index in [1.54, 1.807) is 12.3 Å². The maximum Gasteiger partial charge on any atom is 0.274 e. The van der Waals surface area contributed by atoms with Crippen LogP contribution in [0.15, 0.2) is 54.9 Å². The van der Waals surface area contributed by atoms with E-state index in [2.05, 4.69) is 20.6 Å². The fourth-order valence-electron chi connectivity index (χ4n) is 3.12. The van der Waals surface area contributed by atoms with Crippen molar-refractivity contribution in [3.8, 4) is 17.0 Å². The molecule has 0 spiro atoms. The molecule has 3 heterocycles. The minimum absolute atomic E-state index is 0.0125. The Balaban J connectivity index is 1.57. The van der Waals surface area contributed by atoms with Crippen molar-refractivity contribution in [2.45, 2.75) is 12.5 Å². The van der Waals surface area contributed by atoms with E-state index in [0.717, 1.165) is 31.6 Å². The third kappa shape index (κ3) is 4.22. The van der Waals surface area contributed by atoms with Crippen LogP contribution in [-0.4, -0.2) is 35.1 Å². The molecule has 0 saturated carbocycles. The molecule has 0 bridgehead atoms. The second-order valence-electron chi connectivity index (χ2n) is 6.56. The molecule has 148 valence electrons.